The average Bonchev–Trinajstić information content (AvgIpc) is 2.33. The standard InChI is InChI=1S/C9H21NO.2C2H6/c1-4-6-8-11-9-7-10(3)5-2;2*1-2/h4-9H2,1-3H3;2*1-2H3. The maximum Gasteiger partial charge on any atom is 0.0593 e. The molecule has 0 N–H and O–H groups in total. The number of ether oxygens (including phenoxy) is 1. The van der Waals surface area contributed by atoms with Crippen LogP contribution in [-0.2, 0) is 4.74 Å². The van der Waals surface area contributed by atoms with Crippen molar-refractivity contribution in [3.05, 3.63) is 0 Å². The van der Waals surface area contributed by atoms with Crippen LogP contribution in [0.5, 0.6) is 0 Å². The van der Waals surface area contributed by atoms with E-state index in [9.17, 15) is 0 Å². The molecule has 0 heterocycles. The van der Waals surface area contributed by atoms with Crippen molar-refractivity contribution in [2.24, 2.45) is 0 Å². The van der Waals surface area contributed by atoms with Crippen molar-refractivity contribution in [1.29, 1.82) is 0 Å². The number of hydrogen-bond donors (Lipinski definition) is 0. The third-order valence-electron chi connectivity index (χ3n) is 1.80. The molecule has 96 valence electrons. The van der Waals surface area contributed by atoms with Crippen LogP contribution in [0.1, 0.15) is 54.4 Å². The summed E-state index contributed by atoms with van der Waals surface area (Å²) in [6.45, 7) is 16.3. The molecule has 0 amide bonds. The molecular formula is C13H33NO. The summed E-state index contributed by atoms with van der Waals surface area (Å²) in [5, 5.41) is 0. The molecule has 0 aromatic carbocycles. The number of hydrogen-bond acceptors (Lipinski definition) is 2. The second kappa shape index (κ2) is 23.6. The molecule has 0 saturated heterocycles. The zero-order chi connectivity index (χ0) is 12.5. The van der Waals surface area contributed by atoms with E-state index in [0.717, 1.165) is 26.3 Å². The van der Waals surface area contributed by atoms with E-state index in [1.165, 1.54) is 12.8 Å². The Morgan fingerprint density at radius 3 is 1.87 bits per heavy atom. The molecule has 0 radical (unpaired) electrons. The van der Waals surface area contributed by atoms with E-state index in [-0.39, 0.29) is 0 Å². The highest BCUT2D eigenvalue weighted by molar-refractivity contribution is 4.44. The number of likely N-dealkylation sites (N-methyl/N-ethyl adjacent to an activating group) is 1. The molecular weight excluding hydrogens is 186 g/mol. The Bertz CT molecular complexity index is 76.9. The number of nitrogens with zero attached hydrogens (tertiary/aromatic N) is 1. The van der Waals surface area contributed by atoms with Crippen LogP contribution >= 0.6 is 0 Å². The van der Waals surface area contributed by atoms with Gasteiger partial charge in [-0.1, -0.05) is 48.0 Å². The molecule has 0 fully saturated rings. The summed E-state index contributed by atoms with van der Waals surface area (Å²) >= 11 is 0. The summed E-state index contributed by atoms with van der Waals surface area (Å²) in [5.74, 6) is 0. The van der Waals surface area contributed by atoms with Gasteiger partial charge < -0.3 is 9.64 Å². The van der Waals surface area contributed by atoms with Gasteiger partial charge in [0.25, 0.3) is 0 Å². The van der Waals surface area contributed by atoms with Crippen LogP contribution < -0.4 is 0 Å². The van der Waals surface area contributed by atoms with Gasteiger partial charge in [0.1, 0.15) is 0 Å². The molecule has 0 rings (SSSR count). The monoisotopic (exact) mass is 219 g/mol. The maximum absolute atomic E-state index is 5.40. The van der Waals surface area contributed by atoms with E-state index < -0.39 is 0 Å². The predicted octanol–water partition coefficient (Wildman–Crippen LogP) is 3.81. The smallest absolute Gasteiger partial charge is 0.0593 e. The Hall–Kier alpha value is -0.0800. The molecule has 0 atom stereocenters. The van der Waals surface area contributed by atoms with Crippen LogP contribution in [0, 0.1) is 0 Å². The van der Waals surface area contributed by atoms with Gasteiger partial charge in [0, 0.05) is 13.2 Å². The molecule has 2 nitrogen and oxygen atoms in total. The Balaban J connectivity index is -0.000000318. The molecule has 0 aromatic rings. The minimum Gasteiger partial charge on any atom is -0.380 e. The van der Waals surface area contributed by atoms with E-state index in [1.807, 2.05) is 27.7 Å². The summed E-state index contributed by atoms with van der Waals surface area (Å²) in [6.07, 6.45) is 2.42. The number of rotatable bonds is 7. The van der Waals surface area contributed by atoms with Crippen molar-refractivity contribution in [2.45, 2.75) is 54.4 Å². The van der Waals surface area contributed by atoms with Gasteiger partial charge in [0.05, 0.1) is 6.61 Å². The molecule has 0 spiro atoms. The summed E-state index contributed by atoms with van der Waals surface area (Å²) in [4.78, 5) is 2.26. The predicted molar refractivity (Wildman–Crippen MR) is 71.6 cm³/mol. The lowest BCUT2D eigenvalue weighted by Crippen LogP contribution is -2.22. The molecule has 0 aliphatic rings. The first-order chi connectivity index (χ1) is 7.31. The lowest BCUT2D eigenvalue weighted by atomic mass is 10.4. The van der Waals surface area contributed by atoms with Gasteiger partial charge >= 0.3 is 0 Å². The summed E-state index contributed by atoms with van der Waals surface area (Å²) in [5.41, 5.74) is 0. The van der Waals surface area contributed by atoms with E-state index in [2.05, 4.69) is 25.8 Å². The molecule has 0 bridgehead atoms. The van der Waals surface area contributed by atoms with Gasteiger partial charge in [-0.3, -0.25) is 0 Å². The highest BCUT2D eigenvalue weighted by atomic mass is 16.5. The van der Waals surface area contributed by atoms with Gasteiger partial charge in [-0.05, 0) is 20.0 Å². The molecule has 0 saturated carbocycles. The minimum absolute atomic E-state index is 0.879. The van der Waals surface area contributed by atoms with Gasteiger partial charge in [0.15, 0.2) is 0 Å². The SMILES string of the molecule is CC.CC.CCCCOCCN(C)CC. The highest BCUT2D eigenvalue weighted by Gasteiger charge is 1.92. The van der Waals surface area contributed by atoms with Crippen LogP contribution in [0.15, 0.2) is 0 Å². The van der Waals surface area contributed by atoms with Crippen molar-refractivity contribution in [2.75, 3.05) is 33.4 Å². The first kappa shape index (κ1) is 20.3. The fourth-order valence-corrected chi connectivity index (χ4v) is 0.727. The Morgan fingerprint density at radius 1 is 0.933 bits per heavy atom. The van der Waals surface area contributed by atoms with Crippen LogP contribution in [0.2, 0.25) is 0 Å². The summed E-state index contributed by atoms with van der Waals surface area (Å²) in [7, 11) is 2.11. The quantitative estimate of drug-likeness (QED) is 0.604. The maximum atomic E-state index is 5.40. The first-order valence-corrected chi connectivity index (χ1v) is 6.57. The first-order valence-electron chi connectivity index (χ1n) is 6.57. The van der Waals surface area contributed by atoms with Crippen LogP contribution in [0.25, 0.3) is 0 Å². The second-order valence-electron chi connectivity index (χ2n) is 2.86. The average molecular weight is 219 g/mol. The minimum atomic E-state index is 0.879. The zero-order valence-electron chi connectivity index (χ0n) is 12.1. The van der Waals surface area contributed by atoms with Crippen molar-refractivity contribution in [1.82, 2.24) is 4.90 Å². The van der Waals surface area contributed by atoms with Gasteiger partial charge in [0.2, 0.25) is 0 Å². The van der Waals surface area contributed by atoms with E-state index in [0.29, 0.717) is 0 Å². The Labute approximate surface area is 98.0 Å². The topological polar surface area (TPSA) is 12.5 Å². The fraction of sp³-hybridized carbons (Fsp3) is 1.00. The Morgan fingerprint density at radius 2 is 1.47 bits per heavy atom. The lowest BCUT2D eigenvalue weighted by Gasteiger charge is -2.13. The molecule has 0 unspecified atom stereocenters. The summed E-state index contributed by atoms with van der Waals surface area (Å²) < 4.78 is 5.40. The fourth-order valence-electron chi connectivity index (χ4n) is 0.727. The molecule has 15 heavy (non-hydrogen) atoms. The molecule has 0 aliphatic carbocycles. The third-order valence-corrected chi connectivity index (χ3v) is 1.80. The Kier molecular flexibility index (Phi) is 32.0. The molecule has 2 heteroatoms. The van der Waals surface area contributed by atoms with Crippen molar-refractivity contribution in [3.63, 3.8) is 0 Å². The van der Waals surface area contributed by atoms with Crippen LogP contribution in [0.3, 0.4) is 0 Å². The summed E-state index contributed by atoms with van der Waals surface area (Å²) in [6, 6.07) is 0. The van der Waals surface area contributed by atoms with E-state index in [1.54, 1.807) is 0 Å². The van der Waals surface area contributed by atoms with Crippen molar-refractivity contribution in [3.8, 4) is 0 Å². The van der Waals surface area contributed by atoms with Crippen molar-refractivity contribution >= 4 is 0 Å². The van der Waals surface area contributed by atoms with Gasteiger partial charge in [-0.25, -0.2) is 0 Å². The zero-order valence-corrected chi connectivity index (χ0v) is 12.1. The second-order valence-corrected chi connectivity index (χ2v) is 2.86. The van der Waals surface area contributed by atoms with Crippen molar-refractivity contribution < 1.29 is 4.74 Å². The molecule has 0 aromatic heterocycles. The largest absolute Gasteiger partial charge is 0.380 e. The third kappa shape index (κ3) is 24.9. The van der Waals surface area contributed by atoms with Gasteiger partial charge in [-0.15, -0.1) is 0 Å². The van der Waals surface area contributed by atoms with E-state index >= 15 is 0 Å². The van der Waals surface area contributed by atoms with E-state index in [4.69, 9.17) is 4.74 Å². The highest BCUT2D eigenvalue weighted by Crippen LogP contribution is 1.88. The van der Waals surface area contributed by atoms with Gasteiger partial charge in [-0.2, -0.15) is 0 Å². The lowest BCUT2D eigenvalue weighted by molar-refractivity contribution is 0.110. The molecule has 0 aliphatic heterocycles. The van der Waals surface area contributed by atoms with Crippen LogP contribution in [0.4, 0.5) is 0 Å². The number of unbranched alkanes of at least 4 members (excludes halogenated alkanes) is 1. The van der Waals surface area contributed by atoms with Crippen LogP contribution in [-0.4, -0.2) is 38.3 Å². The normalized spacial score (nSPS) is 8.80.